The Balaban J connectivity index is 1.95. The van der Waals surface area contributed by atoms with Gasteiger partial charge in [-0.15, -0.1) is 11.3 Å². The van der Waals surface area contributed by atoms with E-state index in [2.05, 4.69) is 5.32 Å². The van der Waals surface area contributed by atoms with Gasteiger partial charge in [0.1, 0.15) is 6.04 Å². The van der Waals surface area contributed by atoms with Crippen LogP contribution in [0, 0.1) is 12.8 Å². The molecule has 3 unspecified atom stereocenters. The second kappa shape index (κ2) is 8.43. The van der Waals surface area contributed by atoms with E-state index in [1.54, 1.807) is 25.1 Å². The number of carboxylic acid groups (broad SMARTS) is 1. The van der Waals surface area contributed by atoms with Crippen molar-refractivity contribution in [2.24, 2.45) is 5.92 Å². The highest BCUT2D eigenvalue weighted by molar-refractivity contribution is 7.10. The minimum atomic E-state index is -1.15. The van der Waals surface area contributed by atoms with Crippen molar-refractivity contribution in [1.82, 2.24) is 4.90 Å². The number of nitrogens with zero attached hydrogens (tertiary/aromatic N) is 1. The van der Waals surface area contributed by atoms with Crippen molar-refractivity contribution in [2.75, 3.05) is 11.9 Å². The highest BCUT2D eigenvalue weighted by atomic mass is 32.1. The number of aliphatic carboxylic acids is 1. The summed E-state index contributed by atoms with van der Waals surface area (Å²) in [6.07, 6.45) is 0.0120. The molecular weight excluding hydrogens is 380 g/mol. The summed E-state index contributed by atoms with van der Waals surface area (Å²) in [5.41, 5.74) is 1.60. The van der Waals surface area contributed by atoms with Crippen molar-refractivity contribution < 1.29 is 24.2 Å². The quantitative estimate of drug-likeness (QED) is 0.744. The first-order valence-electron chi connectivity index (χ1n) is 9.01. The highest BCUT2D eigenvalue weighted by Crippen LogP contribution is 2.43. The molecule has 1 aliphatic heterocycles. The number of likely N-dealkylation sites (tertiary alicyclic amines) is 1. The van der Waals surface area contributed by atoms with E-state index in [0.29, 0.717) is 5.69 Å². The molecule has 2 heterocycles. The van der Waals surface area contributed by atoms with Gasteiger partial charge in [-0.05, 0) is 43.8 Å². The molecule has 1 saturated heterocycles. The average molecular weight is 402 g/mol. The molecule has 1 aromatic heterocycles. The molecule has 28 heavy (non-hydrogen) atoms. The number of thiophene rings is 1. The third kappa shape index (κ3) is 4.01. The minimum absolute atomic E-state index is 0.0120. The first-order chi connectivity index (χ1) is 13.4. The van der Waals surface area contributed by atoms with Gasteiger partial charge in [0.2, 0.25) is 0 Å². The predicted molar refractivity (Wildman–Crippen MR) is 105 cm³/mol. The summed E-state index contributed by atoms with van der Waals surface area (Å²) >= 11 is 1.38. The monoisotopic (exact) mass is 402 g/mol. The highest BCUT2D eigenvalue weighted by Gasteiger charge is 2.51. The fourth-order valence-corrected chi connectivity index (χ4v) is 4.34. The van der Waals surface area contributed by atoms with Crippen molar-refractivity contribution in [3.8, 4) is 0 Å². The zero-order valence-corrected chi connectivity index (χ0v) is 16.4. The lowest BCUT2D eigenvalue weighted by atomic mass is 9.98. The molecule has 2 amide bonds. The largest absolute Gasteiger partial charge is 0.480 e. The van der Waals surface area contributed by atoms with Gasteiger partial charge in [-0.1, -0.05) is 23.8 Å². The van der Waals surface area contributed by atoms with Crippen LogP contribution >= 0.6 is 11.3 Å². The van der Waals surface area contributed by atoms with Crippen molar-refractivity contribution in [1.29, 1.82) is 0 Å². The van der Waals surface area contributed by atoms with Crippen LogP contribution in [0.5, 0.6) is 0 Å². The van der Waals surface area contributed by atoms with Crippen LogP contribution in [0.15, 0.2) is 41.8 Å². The van der Waals surface area contributed by atoms with Crippen LogP contribution in [0.1, 0.15) is 29.8 Å². The zero-order chi connectivity index (χ0) is 20.3. The second-order valence-electron chi connectivity index (χ2n) is 6.61. The summed E-state index contributed by atoms with van der Waals surface area (Å²) in [7, 11) is 0. The molecule has 2 N–H and O–H groups in total. The normalized spacial score (nSPS) is 21.4. The average Bonchev–Trinajstić information content (AvgIpc) is 3.31. The Morgan fingerprint density at radius 1 is 1.25 bits per heavy atom. The van der Waals surface area contributed by atoms with E-state index in [9.17, 15) is 19.5 Å². The Morgan fingerprint density at radius 2 is 1.96 bits per heavy atom. The Bertz CT molecular complexity index is 850. The maximum atomic E-state index is 13.1. The maximum absolute atomic E-state index is 13.1. The van der Waals surface area contributed by atoms with Crippen LogP contribution in [-0.4, -0.2) is 40.6 Å². The molecule has 0 bridgehead atoms. The molecule has 1 aromatic carbocycles. The van der Waals surface area contributed by atoms with Crippen LogP contribution < -0.4 is 5.32 Å². The lowest BCUT2D eigenvalue weighted by molar-refractivity contribution is -0.148. The smallest absolute Gasteiger partial charge is 0.326 e. The minimum Gasteiger partial charge on any atom is -0.480 e. The molecule has 0 saturated carbocycles. The van der Waals surface area contributed by atoms with Crippen molar-refractivity contribution in [2.45, 2.75) is 32.4 Å². The Labute approximate surface area is 166 Å². The topological polar surface area (TPSA) is 95.9 Å². The first kappa shape index (κ1) is 19.9. The molecule has 8 heteroatoms. The summed E-state index contributed by atoms with van der Waals surface area (Å²) in [5.74, 6) is -2.37. The molecule has 1 fully saturated rings. The zero-order valence-electron chi connectivity index (χ0n) is 15.6. The molecule has 0 aliphatic carbocycles. The molecule has 0 radical (unpaired) electrons. The summed E-state index contributed by atoms with van der Waals surface area (Å²) in [6.45, 7) is 3.83. The number of benzene rings is 1. The number of carbonyl (C=O) groups excluding carboxylic acids is 2. The van der Waals surface area contributed by atoms with Crippen molar-refractivity contribution >= 4 is 35.0 Å². The molecule has 0 spiro atoms. The van der Waals surface area contributed by atoms with E-state index in [1.165, 1.54) is 16.2 Å². The molecule has 148 valence electrons. The van der Waals surface area contributed by atoms with Crippen molar-refractivity contribution in [3.63, 3.8) is 0 Å². The van der Waals surface area contributed by atoms with Gasteiger partial charge in [0.25, 0.3) is 0 Å². The number of rotatable bonds is 5. The number of carbonyl (C=O) groups is 3. The van der Waals surface area contributed by atoms with Crippen LogP contribution in [-0.2, 0) is 14.3 Å². The van der Waals surface area contributed by atoms with Gasteiger partial charge in [-0.3, -0.25) is 4.79 Å². The number of esters is 1. The van der Waals surface area contributed by atoms with E-state index in [4.69, 9.17) is 4.74 Å². The van der Waals surface area contributed by atoms with Gasteiger partial charge in [0.15, 0.2) is 0 Å². The Morgan fingerprint density at radius 3 is 2.54 bits per heavy atom. The van der Waals surface area contributed by atoms with Gasteiger partial charge in [0, 0.05) is 10.6 Å². The van der Waals surface area contributed by atoms with E-state index >= 15 is 0 Å². The van der Waals surface area contributed by atoms with E-state index in [1.807, 2.05) is 30.5 Å². The molecular formula is C20H22N2O5S. The second-order valence-corrected chi connectivity index (χ2v) is 7.59. The number of urea groups is 1. The van der Waals surface area contributed by atoms with Gasteiger partial charge >= 0.3 is 18.0 Å². The van der Waals surface area contributed by atoms with Crippen molar-refractivity contribution in [3.05, 3.63) is 52.2 Å². The number of hydrogen-bond acceptors (Lipinski definition) is 5. The number of nitrogens with one attached hydrogen (secondary N) is 1. The Hall–Kier alpha value is -2.87. The fraction of sp³-hybridized carbons (Fsp3) is 0.350. The molecule has 7 nitrogen and oxygen atoms in total. The summed E-state index contributed by atoms with van der Waals surface area (Å²) in [5, 5.41) is 14.3. The number of aryl methyl sites for hydroxylation is 1. The van der Waals surface area contributed by atoms with E-state index in [-0.39, 0.29) is 13.0 Å². The summed E-state index contributed by atoms with van der Waals surface area (Å²) < 4.78 is 5.16. The lowest BCUT2D eigenvalue weighted by Crippen LogP contribution is -2.44. The number of anilines is 1. The summed E-state index contributed by atoms with van der Waals surface area (Å²) in [6, 6.07) is 8.46. The van der Waals surface area contributed by atoms with E-state index in [0.717, 1.165) is 10.4 Å². The van der Waals surface area contributed by atoms with Crippen LogP contribution in [0.25, 0.3) is 0 Å². The lowest BCUT2D eigenvalue weighted by Gasteiger charge is -2.29. The number of ether oxygens (including phenoxy) is 1. The van der Waals surface area contributed by atoms with Crippen LogP contribution in [0.3, 0.4) is 0 Å². The first-order valence-corrected chi connectivity index (χ1v) is 9.89. The van der Waals surface area contributed by atoms with Crippen LogP contribution in [0.4, 0.5) is 10.5 Å². The van der Waals surface area contributed by atoms with Gasteiger partial charge in [0.05, 0.1) is 18.6 Å². The number of amides is 2. The van der Waals surface area contributed by atoms with Crippen LogP contribution in [0.2, 0.25) is 0 Å². The van der Waals surface area contributed by atoms with Gasteiger partial charge in [-0.25, -0.2) is 9.59 Å². The molecule has 2 aromatic rings. The molecule has 1 aliphatic rings. The number of hydrogen-bond donors (Lipinski definition) is 2. The van der Waals surface area contributed by atoms with Gasteiger partial charge in [-0.2, -0.15) is 0 Å². The fourth-order valence-electron chi connectivity index (χ4n) is 3.45. The standard InChI is InChI=1S/C20H22N2O5S/c1-3-27-19(25)14-11-15(18(23)24)22(17(14)16-5-4-10-28-16)20(26)21-13-8-6-12(2)7-9-13/h4-10,14-15,17H,3,11H2,1-2H3,(H,21,26)(H,23,24). The summed E-state index contributed by atoms with van der Waals surface area (Å²) in [4.78, 5) is 39.5. The Kier molecular flexibility index (Phi) is 5.99. The molecule has 3 atom stereocenters. The maximum Gasteiger partial charge on any atom is 0.326 e. The third-order valence-corrected chi connectivity index (χ3v) is 5.68. The third-order valence-electron chi connectivity index (χ3n) is 4.74. The van der Waals surface area contributed by atoms with E-state index < -0.39 is 36.0 Å². The molecule has 3 rings (SSSR count). The SMILES string of the molecule is CCOC(=O)C1CC(C(=O)O)N(C(=O)Nc2ccc(C)cc2)C1c1cccs1. The predicted octanol–water partition coefficient (Wildman–Crippen LogP) is 3.67. The number of carboxylic acids is 1. The van der Waals surface area contributed by atoms with Gasteiger partial charge < -0.3 is 20.1 Å².